The van der Waals surface area contributed by atoms with Crippen molar-refractivity contribution in [2.45, 2.75) is 39.1 Å². The molecule has 0 atom stereocenters. The van der Waals surface area contributed by atoms with Gasteiger partial charge in [0.1, 0.15) is 11.2 Å². The van der Waals surface area contributed by atoms with Gasteiger partial charge in [0, 0.05) is 11.9 Å². The van der Waals surface area contributed by atoms with Crippen LogP contribution in [0.15, 0.2) is 15.6 Å². The molecule has 0 saturated carbocycles. The van der Waals surface area contributed by atoms with E-state index < -0.39 is 10.7 Å². The summed E-state index contributed by atoms with van der Waals surface area (Å²) in [5, 5.41) is 15.1. The summed E-state index contributed by atoms with van der Waals surface area (Å²) in [6.45, 7) is 8.26. The van der Waals surface area contributed by atoms with Crippen LogP contribution in [0, 0.1) is 22.9 Å². The number of aromatic nitrogens is 1. The van der Waals surface area contributed by atoms with Gasteiger partial charge in [-0.25, -0.2) is 9.37 Å². The van der Waals surface area contributed by atoms with Crippen molar-refractivity contribution >= 4 is 50.0 Å². The fourth-order valence-corrected chi connectivity index (χ4v) is 3.03. The molecule has 0 amide bonds. The summed E-state index contributed by atoms with van der Waals surface area (Å²) < 4.78 is 14.8. The molecule has 1 heterocycles. The van der Waals surface area contributed by atoms with Crippen LogP contribution in [0.5, 0.6) is 0 Å². The highest BCUT2D eigenvalue weighted by atomic mass is 79.9. The Hall–Kier alpha value is -1.41. The van der Waals surface area contributed by atoms with Crippen LogP contribution in [-0.2, 0) is 0 Å². The summed E-state index contributed by atoms with van der Waals surface area (Å²) in [6.07, 6.45) is 2.49. The zero-order valence-corrected chi connectivity index (χ0v) is 16.8. The van der Waals surface area contributed by atoms with E-state index in [0.29, 0.717) is 27.7 Å². The maximum Gasteiger partial charge on any atom is 0.324 e. The molecule has 0 aliphatic rings. The maximum atomic E-state index is 14.5. The summed E-state index contributed by atoms with van der Waals surface area (Å²) in [4.78, 5) is 15.1. The number of hydrogen-bond donors (Lipinski definition) is 1. The van der Waals surface area contributed by atoms with Gasteiger partial charge >= 0.3 is 5.69 Å². The number of anilines is 1. The molecule has 0 spiro atoms. The fraction of sp³-hybridized carbons (Fsp3) is 0.438. The van der Waals surface area contributed by atoms with E-state index in [4.69, 9.17) is 0 Å². The highest BCUT2D eigenvalue weighted by molar-refractivity contribution is 9.10. The quantitative estimate of drug-likeness (QED) is 0.371. The second kappa shape index (κ2) is 9.17. The average Bonchev–Trinajstić information content (AvgIpc) is 2.58. The number of pyridine rings is 1. The topological polar surface area (TPSA) is 68.1 Å². The number of nitro groups is 1. The summed E-state index contributed by atoms with van der Waals surface area (Å²) in [6, 6.07) is 1.71. The van der Waals surface area contributed by atoms with Crippen LogP contribution in [0.25, 0.3) is 10.9 Å². The Labute approximate surface area is 153 Å². The van der Waals surface area contributed by atoms with E-state index in [2.05, 4.69) is 26.2 Å². The second-order valence-electron chi connectivity index (χ2n) is 4.75. The minimum atomic E-state index is -0.500. The Morgan fingerprint density at radius 1 is 1.46 bits per heavy atom. The smallest absolute Gasteiger partial charge is 0.324 e. The predicted molar refractivity (Wildman–Crippen MR) is 103 cm³/mol. The molecule has 0 aliphatic heterocycles. The van der Waals surface area contributed by atoms with Crippen molar-refractivity contribution < 1.29 is 9.31 Å². The van der Waals surface area contributed by atoms with E-state index in [1.165, 1.54) is 0 Å². The molecule has 0 radical (unpaired) electrons. The van der Waals surface area contributed by atoms with Gasteiger partial charge in [0.2, 0.25) is 0 Å². The van der Waals surface area contributed by atoms with Crippen molar-refractivity contribution in [1.82, 2.24) is 4.98 Å². The van der Waals surface area contributed by atoms with Gasteiger partial charge in [-0.3, -0.25) is 10.1 Å². The van der Waals surface area contributed by atoms with Crippen LogP contribution in [0.4, 0.5) is 15.8 Å². The van der Waals surface area contributed by atoms with Crippen molar-refractivity contribution in [3.63, 3.8) is 0 Å². The fourth-order valence-electron chi connectivity index (χ4n) is 2.17. The van der Waals surface area contributed by atoms with Gasteiger partial charge in [0.25, 0.3) is 0 Å². The molecule has 24 heavy (non-hydrogen) atoms. The number of fused-ring (bicyclic) bond motifs is 1. The number of rotatable bonds is 5. The number of nitrogens with zero attached hydrogens (tertiary/aromatic N) is 2. The summed E-state index contributed by atoms with van der Waals surface area (Å²) in [5.41, 5.74) is 1.02. The van der Waals surface area contributed by atoms with E-state index in [1.54, 1.807) is 19.2 Å². The van der Waals surface area contributed by atoms with Crippen molar-refractivity contribution in [3.05, 3.63) is 32.0 Å². The number of thioether (sulfide) groups is 1. The Morgan fingerprint density at radius 3 is 2.58 bits per heavy atom. The highest BCUT2D eigenvalue weighted by Gasteiger charge is 2.26. The van der Waals surface area contributed by atoms with Gasteiger partial charge in [0.15, 0.2) is 10.8 Å². The average molecular weight is 418 g/mol. The molecule has 1 N–H and O–H groups in total. The number of benzene rings is 1. The van der Waals surface area contributed by atoms with E-state index in [-0.39, 0.29) is 16.2 Å². The van der Waals surface area contributed by atoms with Crippen molar-refractivity contribution in [3.8, 4) is 0 Å². The van der Waals surface area contributed by atoms with Crippen LogP contribution in [-0.4, -0.2) is 22.7 Å². The molecule has 0 saturated heterocycles. The first kappa shape index (κ1) is 20.6. The first-order valence-electron chi connectivity index (χ1n) is 7.66. The normalized spacial score (nSPS) is 10.3. The summed E-state index contributed by atoms with van der Waals surface area (Å²) in [7, 11) is 0. The van der Waals surface area contributed by atoms with Crippen LogP contribution < -0.4 is 5.32 Å². The van der Waals surface area contributed by atoms with Crippen LogP contribution >= 0.6 is 27.7 Å². The lowest BCUT2D eigenvalue weighted by molar-refractivity contribution is -0.387. The van der Waals surface area contributed by atoms with E-state index in [9.17, 15) is 14.5 Å². The molecule has 8 heteroatoms. The minimum absolute atomic E-state index is 0.102. The summed E-state index contributed by atoms with van der Waals surface area (Å²) >= 11 is 4.33. The van der Waals surface area contributed by atoms with Gasteiger partial charge < -0.3 is 5.32 Å². The largest absolute Gasteiger partial charge is 0.379 e. The van der Waals surface area contributed by atoms with Crippen LogP contribution in [0.3, 0.4) is 0 Å². The van der Waals surface area contributed by atoms with E-state index >= 15 is 0 Å². The Morgan fingerprint density at radius 2 is 2.08 bits per heavy atom. The number of halogens is 2. The van der Waals surface area contributed by atoms with Crippen molar-refractivity contribution in [2.75, 3.05) is 18.1 Å². The predicted octanol–water partition coefficient (Wildman–Crippen LogP) is 5.92. The zero-order valence-electron chi connectivity index (χ0n) is 14.4. The molecule has 5 nitrogen and oxygen atoms in total. The number of aryl methyl sites for hydroxylation is 1. The molecular formula is C16H21BrFN3O2S. The van der Waals surface area contributed by atoms with Gasteiger partial charge in [-0.15, -0.1) is 11.8 Å². The zero-order chi connectivity index (χ0) is 18.4. The lowest BCUT2D eigenvalue weighted by Gasteiger charge is -2.13. The number of nitrogens with one attached hydrogen (secondary N) is 1. The lowest BCUT2D eigenvalue weighted by atomic mass is 10.1. The monoisotopic (exact) mass is 417 g/mol. The van der Waals surface area contributed by atoms with E-state index in [1.807, 2.05) is 20.8 Å². The molecule has 2 rings (SSSR count). The first-order chi connectivity index (χ1) is 11.4. The molecule has 1 aromatic heterocycles. The maximum absolute atomic E-state index is 14.5. The van der Waals surface area contributed by atoms with Crippen molar-refractivity contribution in [1.29, 1.82) is 0 Å². The Bertz CT molecular complexity index is 756. The summed E-state index contributed by atoms with van der Waals surface area (Å²) in [5.74, 6) is -0.500. The third-order valence-electron chi connectivity index (χ3n) is 3.21. The number of hydrogen-bond acceptors (Lipinski definition) is 5. The lowest BCUT2D eigenvalue weighted by Crippen LogP contribution is -2.07. The Balaban J connectivity index is 0.00000139. The highest BCUT2D eigenvalue weighted by Crippen LogP contribution is 2.41. The second-order valence-corrected chi connectivity index (χ2v) is 6.33. The SMILES string of the molecule is CC.CCCNc1c([N+](=O)[O-])c(SC)nc2c(F)c(Br)c(C)cc12. The molecule has 1 aromatic carbocycles. The van der Waals surface area contributed by atoms with Crippen molar-refractivity contribution in [2.24, 2.45) is 0 Å². The third-order valence-corrected chi connectivity index (χ3v) is 4.86. The molecule has 0 fully saturated rings. The molecule has 0 bridgehead atoms. The third kappa shape index (κ3) is 3.97. The Kier molecular flexibility index (Phi) is 7.89. The van der Waals surface area contributed by atoms with Gasteiger partial charge in [-0.1, -0.05) is 20.8 Å². The van der Waals surface area contributed by atoms with Gasteiger partial charge in [-0.2, -0.15) is 0 Å². The molecular weight excluding hydrogens is 397 g/mol. The molecule has 0 unspecified atom stereocenters. The van der Waals surface area contributed by atoms with Gasteiger partial charge in [-0.05, 0) is 47.2 Å². The van der Waals surface area contributed by atoms with Gasteiger partial charge in [0.05, 0.1) is 9.40 Å². The van der Waals surface area contributed by atoms with Crippen LogP contribution in [0.1, 0.15) is 32.8 Å². The van der Waals surface area contributed by atoms with Crippen LogP contribution in [0.2, 0.25) is 0 Å². The first-order valence-corrected chi connectivity index (χ1v) is 9.68. The van der Waals surface area contributed by atoms with E-state index in [0.717, 1.165) is 18.2 Å². The standard InChI is InChI=1S/C14H15BrFN3O2S.C2H6/c1-4-5-17-12-8-6-7(2)9(15)10(16)11(8)18-14(22-3)13(12)19(20)21;1-2/h6H,4-5H2,1-3H3,(H,17,18);1-2H3. The molecule has 0 aliphatic carbocycles. The molecule has 132 valence electrons. The minimum Gasteiger partial charge on any atom is -0.379 e. The molecule has 2 aromatic rings.